The first-order valence-corrected chi connectivity index (χ1v) is 19.3. The minimum atomic E-state index is 0.0260. The molecule has 0 aromatic heterocycles. The minimum Gasteiger partial charge on any atom is -0.462 e. The van der Waals surface area contributed by atoms with Gasteiger partial charge in [-0.2, -0.15) is 0 Å². The van der Waals surface area contributed by atoms with E-state index >= 15 is 0 Å². The average molecular weight is 607 g/mol. The number of esters is 1. The van der Waals surface area contributed by atoms with Crippen LogP contribution in [0.1, 0.15) is 164 Å². The molecule has 9 unspecified atom stereocenters. The van der Waals surface area contributed by atoms with Gasteiger partial charge >= 0.3 is 5.97 Å². The second kappa shape index (κ2) is 16.5. The second-order valence-corrected chi connectivity index (χ2v) is 16.7. The van der Waals surface area contributed by atoms with Gasteiger partial charge in [0, 0.05) is 12.8 Å². The molecule has 0 radical (unpaired) electrons. The summed E-state index contributed by atoms with van der Waals surface area (Å²) in [7, 11) is 0. The fourth-order valence-electron chi connectivity index (χ4n) is 10.4. The van der Waals surface area contributed by atoms with Crippen LogP contribution in [0.25, 0.3) is 0 Å². The Bertz CT molecular complexity index is 988. The summed E-state index contributed by atoms with van der Waals surface area (Å²) in [6.07, 6.45) is 33.3. The summed E-state index contributed by atoms with van der Waals surface area (Å²) in [4.78, 5) is 12.7. The van der Waals surface area contributed by atoms with Crippen molar-refractivity contribution in [3.63, 3.8) is 0 Å². The highest BCUT2D eigenvalue weighted by Crippen LogP contribution is 2.67. The Labute approximate surface area is 273 Å². The van der Waals surface area contributed by atoms with Crippen molar-refractivity contribution in [2.24, 2.45) is 52.3 Å². The maximum absolute atomic E-state index is 12.7. The first kappa shape index (κ1) is 35.5. The fourth-order valence-corrected chi connectivity index (χ4v) is 10.4. The van der Waals surface area contributed by atoms with E-state index in [4.69, 9.17) is 4.74 Å². The van der Waals surface area contributed by atoms with Gasteiger partial charge in [-0.25, -0.2) is 0 Å². The number of hydrogen-bond donors (Lipinski definition) is 0. The van der Waals surface area contributed by atoms with Crippen LogP contribution in [-0.2, 0) is 9.53 Å². The van der Waals surface area contributed by atoms with Crippen molar-refractivity contribution in [2.75, 3.05) is 0 Å². The Morgan fingerprint density at radius 3 is 2.39 bits per heavy atom. The summed E-state index contributed by atoms with van der Waals surface area (Å²) in [5, 5.41) is 0. The third-order valence-electron chi connectivity index (χ3n) is 13.7. The molecule has 0 saturated heterocycles. The highest BCUT2D eigenvalue weighted by Gasteiger charge is 2.59. The zero-order valence-corrected chi connectivity index (χ0v) is 30.0. The summed E-state index contributed by atoms with van der Waals surface area (Å²) >= 11 is 0. The van der Waals surface area contributed by atoms with Crippen molar-refractivity contribution in [3.8, 4) is 0 Å². The van der Waals surface area contributed by atoms with Crippen LogP contribution < -0.4 is 0 Å². The average Bonchev–Trinajstić information content (AvgIpc) is 3.36. The van der Waals surface area contributed by atoms with E-state index in [1.807, 2.05) is 0 Å². The van der Waals surface area contributed by atoms with E-state index in [0.717, 1.165) is 80.0 Å². The van der Waals surface area contributed by atoms with Crippen molar-refractivity contribution in [1.29, 1.82) is 0 Å². The number of allylic oxidation sites excluding steroid dienone is 5. The number of rotatable bonds is 16. The van der Waals surface area contributed by atoms with Crippen molar-refractivity contribution in [1.82, 2.24) is 0 Å². The van der Waals surface area contributed by atoms with Crippen LogP contribution in [0.5, 0.6) is 0 Å². The molecule has 4 rings (SSSR count). The first-order valence-electron chi connectivity index (χ1n) is 19.3. The molecule has 4 aliphatic rings. The van der Waals surface area contributed by atoms with Gasteiger partial charge in [0.15, 0.2) is 0 Å². The maximum Gasteiger partial charge on any atom is 0.306 e. The van der Waals surface area contributed by atoms with Gasteiger partial charge in [0.05, 0.1) is 0 Å². The summed E-state index contributed by atoms with van der Waals surface area (Å²) < 4.78 is 6.09. The Morgan fingerprint density at radius 1 is 0.909 bits per heavy atom. The molecule has 0 aromatic carbocycles. The molecule has 0 aromatic rings. The van der Waals surface area contributed by atoms with Crippen LogP contribution in [0.4, 0.5) is 0 Å². The fraction of sp³-hybridized carbons (Fsp3) is 0.833. The largest absolute Gasteiger partial charge is 0.462 e. The third-order valence-corrected chi connectivity index (χ3v) is 13.7. The van der Waals surface area contributed by atoms with E-state index < -0.39 is 0 Å². The molecule has 0 spiro atoms. The van der Waals surface area contributed by atoms with Crippen LogP contribution >= 0.6 is 0 Å². The zero-order valence-electron chi connectivity index (χ0n) is 30.0. The molecule has 2 nitrogen and oxygen atoms in total. The molecule has 3 fully saturated rings. The predicted octanol–water partition coefficient (Wildman–Crippen LogP) is 12.4. The lowest BCUT2D eigenvalue weighted by Gasteiger charge is -2.58. The van der Waals surface area contributed by atoms with Gasteiger partial charge < -0.3 is 4.74 Å². The second-order valence-electron chi connectivity index (χ2n) is 16.7. The topological polar surface area (TPSA) is 26.3 Å². The van der Waals surface area contributed by atoms with Gasteiger partial charge in [-0.3, -0.25) is 4.79 Å². The normalized spacial score (nSPS) is 34.9. The lowest BCUT2D eigenvalue weighted by molar-refractivity contribution is -0.151. The summed E-state index contributed by atoms with van der Waals surface area (Å²) in [5.41, 5.74) is 2.49. The van der Waals surface area contributed by atoms with Gasteiger partial charge in [0.1, 0.15) is 6.10 Å². The molecule has 3 saturated carbocycles. The van der Waals surface area contributed by atoms with Crippen LogP contribution in [0.15, 0.2) is 36.0 Å². The molecule has 44 heavy (non-hydrogen) atoms. The van der Waals surface area contributed by atoms with Crippen LogP contribution in [0.3, 0.4) is 0 Å². The number of carbonyl (C=O) groups excluding carboxylic acids is 1. The van der Waals surface area contributed by atoms with Crippen LogP contribution in [0.2, 0.25) is 0 Å². The number of unbranched alkanes of at least 4 members (excludes halogenated alkanes) is 4. The van der Waals surface area contributed by atoms with E-state index in [0.29, 0.717) is 17.3 Å². The van der Waals surface area contributed by atoms with E-state index in [-0.39, 0.29) is 12.1 Å². The van der Waals surface area contributed by atoms with Crippen LogP contribution in [-0.4, -0.2) is 12.1 Å². The predicted molar refractivity (Wildman–Crippen MR) is 188 cm³/mol. The molecular formula is C42H70O2. The van der Waals surface area contributed by atoms with Crippen molar-refractivity contribution < 1.29 is 9.53 Å². The number of fused-ring (bicyclic) bond motifs is 5. The highest BCUT2D eigenvalue weighted by atomic mass is 16.5. The molecule has 0 heterocycles. The summed E-state index contributed by atoms with van der Waals surface area (Å²) in [5.74, 6) is 6.03. The molecule has 4 aliphatic carbocycles. The summed E-state index contributed by atoms with van der Waals surface area (Å²) in [6, 6.07) is 0. The highest BCUT2D eigenvalue weighted by molar-refractivity contribution is 5.69. The minimum absolute atomic E-state index is 0.0260. The lowest BCUT2D eigenvalue weighted by Crippen LogP contribution is -2.51. The Kier molecular flexibility index (Phi) is 13.3. The quantitative estimate of drug-likeness (QED) is 0.0992. The SMILES string of the molecule is CCCC/C=C\C/C=C\CCCCC(=O)OC1CCC2(C)C(=CCC3C2CCC2(C)C(C(C)CCC(C)C(C)C)CCC32)C1. The molecule has 2 heteroatoms. The van der Waals surface area contributed by atoms with E-state index in [1.165, 1.54) is 70.6 Å². The lowest BCUT2D eigenvalue weighted by atomic mass is 9.47. The third kappa shape index (κ3) is 8.53. The van der Waals surface area contributed by atoms with Gasteiger partial charge in [0.2, 0.25) is 0 Å². The van der Waals surface area contributed by atoms with Crippen molar-refractivity contribution in [2.45, 2.75) is 170 Å². The number of hydrogen-bond acceptors (Lipinski definition) is 2. The maximum atomic E-state index is 12.7. The number of carbonyl (C=O) groups is 1. The Morgan fingerprint density at radius 2 is 1.66 bits per heavy atom. The zero-order chi connectivity index (χ0) is 31.7. The monoisotopic (exact) mass is 607 g/mol. The first-order chi connectivity index (χ1) is 21.1. The molecule has 0 aliphatic heterocycles. The van der Waals surface area contributed by atoms with Gasteiger partial charge in [0.25, 0.3) is 0 Å². The molecule has 9 atom stereocenters. The van der Waals surface area contributed by atoms with Crippen LogP contribution in [0, 0.1) is 52.3 Å². The standard InChI is InChI=1S/C42H70O2/c1-8-9-10-11-12-13-14-15-16-17-18-19-40(43)44-35-26-28-41(6)34(30-35)22-23-36-38-25-24-37(42(38,7)29-27-39(36)41)33(5)21-20-32(4)31(2)3/h11-12,14-15,22,31-33,35-39H,8-10,13,16-21,23-30H2,1-7H3/b12-11-,15-14-. The van der Waals surface area contributed by atoms with Gasteiger partial charge in [-0.15, -0.1) is 0 Å². The van der Waals surface area contributed by atoms with Gasteiger partial charge in [-0.1, -0.05) is 110 Å². The smallest absolute Gasteiger partial charge is 0.306 e. The number of ether oxygens (including phenoxy) is 1. The molecule has 0 amide bonds. The Hall–Kier alpha value is -1.31. The molecular weight excluding hydrogens is 536 g/mol. The van der Waals surface area contributed by atoms with E-state index in [2.05, 4.69) is 78.8 Å². The van der Waals surface area contributed by atoms with Crippen molar-refractivity contribution in [3.05, 3.63) is 36.0 Å². The van der Waals surface area contributed by atoms with Gasteiger partial charge in [-0.05, 0) is 129 Å². The molecule has 0 bridgehead atoms. The summed E-state index contributed by atoms with van der Waals surface area (Å²) in [6.45, 7) is 17.4. The van der Waals surface area contributed by atoms with Crippen molar-refractivity contribution >= 4 is 5.97 Å². The molecule has 0 N–H and O–H groups in total. The Balaban J connectivity index is 1.22. The van der Waals surface area contributed by atoms with E-state index in [1.54, 1.807) is 5.57 Å². The molecule has 250 valence electrons. The van der Waals surface area contributed by atoms with E-state index in [9.17, 15) is 4.79 Å².